The molecule has 9 rings (SSSR count). The third kappa shape index (κ3) is 19.0. The molecule has 16 nitrogen and oxygen atoms in total. The number of hydrogen-bond acceptors (Lipinski definition) is 16. The zero-order valence-corrected chi connectivity index (χ0v) is 47.2. The van der Waals surface area contributed by atoms with Crippen molar-refractivity contribution in [3.8, 4) is 0 Å². The fourth-order valence-corrected chi connectivity index (χ4v) is 11.8. The first-order valence-electron chi connectivity index (χ1n) is 26.9. The van der Waals surface area contributed by atoms with E-state index in [0.29, 0.717) is 16.7 Å². The summed E-state index contributed by atoms with van der Waals surface area (Å²) in [4.78, 5) is 0. The van der Waals surface area contributed by atoms with Crippen molar-refractivity contribution < 1.29 is 74.2 Å². The summed E-state index contributed by atoms with van der Waals surface area (Å²) in [5.41, 5.74) is 5.39. The third-order valence-electron chi connectivity index (χ3n) is 13.1. The predicted molar refractivity (Wildman–Crippen MR) is 301 cm³/mol. The van der Waals surface area contributed by atoms with Crippen LogP contribution in [-0.2, 0) is 120 Å². The van der Waals surface area contributed by atoms with Gasteiger partial charge in [0.15, 0.2) is 5.79 Å². The zero-order valence-electron chi connectivity index (χ0n) is 45.5. The van der Waals surface area contributed by atoms with Gasteiger partial charge in [-0.2, -0.15) is 0 Å². The molecule has 8 atom stereocenters. The van der Waals surface area contributed by atoms with E-state index in [-0.39, 0.29) is 66.3 Å². The third-order valence-corrected chi connectivity index (χ3v) is 15.9. The molecule has 1 saturated heterocycles. The Morgan fingerprint density at radius 3 is 0.988 bits per heavy atom. The smallest absolute Gasteiger partial charge is 0.368 e. The van der Waals surface area contributed by atoms with E-state index in [0.717, 1.165) is 22.3 Å². The monoisotopic (exact) mass is 1140 g/mol. The molecule has 0 aromatic heterocycles. The molecule has 0 bridgehead atoms. The SMILES string of the molecule is CC1(C)OC[C@@H](COP(=O)(OCc2ccccc2)O[C@@H]2[C@H](OCOCc3ccccc3)[C@H](OP(=O)(OCc3ccccc3)OCc3ccccc3)[C@@H](OCc3ccccc3)[C@H](OCc3ccccc3)[C@H]2OCOCc2ccccc2)O1. The molecule has 1 aliphatic heterocycles. The Morgan fingerprint density at radius 1 is 0.370 bits per heavy atom. The van der Waals surface area contributed by atoms with Crippen LogP contribution in [0.25, 0.3) is 0 Å². The minimum atomic E-state index is -4.83. The lowest BCUT2D eigenvalue weighted by Gasteiger charge is -2.49. The van der Waals surface area contributed by atoms with Crippen molar-refractivity contribution in [2.24, 2.45) is 0 Å². The number of phosphoric acid groups is 2. The predicted octanol–water partition coefficient (Wildman–Crippen LogP) is 13.1. The number of ether oxygens (including phenoxy) is 8. The molecule has 7 aromatic rings. The average molecular weight is 1150 g/mol. The van der Waals surface area contributed by atoms with Gasteiger partial charge in [0, 0.05) is 0 Å². The fourth-order valence-electron chi connectivity index (χ4n) is 9.07. The first kappa shape index (κ1) is 60.0. The van der Waals surface area contributed by atoms with Crippen molar-refractivity contribution in [2.75, 3.05) is 26.8 Å². The van der Waals surface area contributed by atoms with Crippen molar-refractivity contribution >= 4 is 15.6 Å². The zero-order chi connectivity index (χ0) is 56.0. The van der Waals surface area contributed by atoms with E-state index in [2.05, 4.69) is 0 Å². The first-order valence-corrected chi connectivity index (χ1v) is 29.9. The molecule has 1 aliphatic carbocycles. The van der Waals surface area contributed by atoms with Gasteiger partial charge in [-0.05, 0) is 52.8 Å². The van der Waals surface area contributed by atoms with Crippen LogP contribution in [0.5, 0.6) is 0 Å². The Balaban J connectivity index is 1.17. The summed E-state index contributed by atoms with van der Waals surface area (Å²) in [6.07, 6.45) is -9.07. The molecule has 2 aliphatic rings. The Bertz CT molecular complexity index is 2920. The summed E-state index contributed by atoms with van der Waals surface area (Å²) in [5, 5.41) is 0. The first-order chi connectivity index (χ1) is 39.6. The van der Waals surface area contributed by atoms with Crippen LogP contribution >= 0.6 is 15.6 Å². The van der Waals surface area contributed by atoms with Gasteiger partial charge in [0.1, 0.15) is 56.3 Å². The highest BCUT2D eigenvalue weighted by molar-refractivity contribution is 7.48. The summed E-state index contributed by atoms with van der Waals surface area (Å²) in [6, 6.07) is 65.8. The molecule has 428 valence electrons. The van der Waals surface area contributed by atoms with Crippen LogP contribution in [0.3, 0.4) is 0 Å². The molecule has 1 heterocycles. The molecule has 1 unspecified atom stereocenters. The standard InChI is InChI=1S/C63H70O16P2/c1-63(2)72-45-56(77-63)46-76-81(65,75-44-55-36-22-9-23-37-55)79-62-59(70-47-66-38-49-24-10-3-11-25-49)57(68-40-51-28-14-5-15-29-51)58(69-41-52-30-16-6-17-31-52)61(60(62)71-48-67-39-50-26-12-4-13-27-50)78-80(64,73-42-53-32-18-7-19-33-53)74-43-54-34-20-8-21-35-54/h3-37,56-62H,38-48H2,1-2H3/t56-,57-,58-,59+,60+,61+,62-,81?/m0/s1. The summed E-state index contributed by atoms with van der Waals surface area (Å²) in [7, 11) is -9.60. The maximum atomic E-state index is 15.9. The summed E-state index contributed by atoms with van der Waals surface area (Å²) >= 11 is 0. The van der Waals surface area contributed by atoms with Crippen molar-refractivity contribution in [1.82, 2.24) is 0 Å². The minimum Gasteiger partial charge on any atom is -0.368 e. The van der Waals surface area contributed by atoms with Gasteiger partial charge in [-0.15, -0.1) is 0 Å². The van der Waals surface area contributed by atoms with E-state index in [1.165, 1.54) is 0 Å². The lowest BCUT2D eigenvalue weighted by molar-refractivity contribution is -0.286. The van der Waals surface area contributed by atoms with Gasteiger partial charge in [0.2, 0.25) is 0 Å². The van der Waals surface area contributed by atoms with E-state index in [9.17, 15) is 0 Å². The largest absolute Gasteiger partial charge is 0.475 e. The van der Waals surface area contributed by atoms with Crippen LogP contribution in [0, 0.1) is 0 Å². The lowest BCUT2D eigenvalue weighted by Crippen LogP contribution is -2.67. The summed E-state index contributed by atoms with van der Waals surface area (Å²) in [5.74, 6) is -0.938. The van der Waals surface area contributed by atoms with Gasteiger partial charge < -0.3 is 37.9 Å². The Morgan fingerprint density at radius 2 is 0.654 bits per heavy atom. The van der Waals surface area contributed by atoms with Crippen molar-refractivity contribution in [3.05, 3.63) is 251 Å². The highest BCUT2D eigenvalue weighted by atomic mass is 31.2. The van der Waals surface area contributed by atoms with E-state index in [1.807, 2.05) is 212 Å². The topological polar surface area (TPSA) is 163 Å². The van der Waals surface area contributed by atoms with E-state index in [1.54, 1.807) is 13.8 Å². The second-order valence-corrected chi connectivity index (χ2v) is 23.0. The minimum absolute atomic E-state index is 0.00180. The van der Waals surface area contributed by atoms with Gasteiger partial charge in [-0.3, -0.25) is 27.1 Å². The molecule has 1 saturated carbocycles. The Kier molecular flexibility index (Phi) is 22.7. The maximum absolute atomic E-state index is 15.9. The maximum Gasteiger partial charge on any atom is 0.475 e. The van der Waals surface area contributed by atoms with Gasteiger partial charge in [-0.25, -0.2) is 9.13 Å². The molecule has 18 heteroatoms. The van der Waals surface area contributed by atoms with E-state index >= 15 is 9.13 Å². The van der Waals surface area contributed by atoms with Gasteiger partial charge in [0.05, 0.1) is 59.5 Å². The molecule has 81 heavy (non-hydrogen) atoms. The second kappa shape index (κ2) is 30.7. The van der Waals surface area contributed by atoms with E-state index < -0.39 is 71.0 Å². The number of phosphoric ester groups is 2. The molecule has 0 radical (unpaired) electrons. The van der Waals surface area contributed by atoms with Gasteiger partial charge >= 0.3 is 15.6 Å². The molecular weight excluding hydrogens is 1070 g/mol. The van der Waals surface area contributed by atoms with E-state index in [4.69, 9.17) is 65.0 Å². The normalized spacial score (nSPS) is 21.6. The van der Waals surface area contributed by atoms with Crippen LogP contribution < -0.4 is 0 Å². The molecule has 0 spiro atoms. The lowest BCUT2D eigenvalue weighted by atomic mass is 9.84. The van der Waals surface area contributed by atoms with Crippen LogP contribution in [-0.4, -0.2) is 75.3 Å². The molecule has 2 fully saturated rings. The van der Waals surface area contributed by atoms with Crippen LogP contribution in [0.1, 0.15) is 52.8 Å². The van der Waals surface area contributed by atoms with Gasteiger partial charge in [-0.1, -0.05) is 212 Å². The number of rotatable bonds is 32. The molecule has 7 aromatic carbocycles. The molecular formula is C63H70O16P2. The van der Waals surface area contributed by atoms with Crippen LogP contribution in [0.2, 0.25) is 0 Å². The fraction of sp³-hybridized carbons (Fsp3) is 0.333. The van der Waals surface area contributed by atoms with Crippen molar-refractivity contribution in [1.29, 1.82) is 0 Å². The highest BCUT2D eigenvalue weighted by Gasteiger charge is 2.59. The molecule has 0 amide bonds. The Labute approximate surface area is 474 Å². The van der Waals surface area contributed by atoms with Crippen molar-refractivity contribution in [2.45, 2.75) is 109 Å². The molecule has 0 N–H and O–H groups in total. The summed E-state index contributed by atoms with van der Waals surface area (Å²) in [6.45, 7) is 2.41. The van der Waals surface area contributed by atoms with Crippen LogP contribution in [0.15, 0.2) is 212 Å². The second-order valence-electron chi connectivity index (χ2n) is 19.7. The summed E-state index contributed by atoms with van der Waals surface area (Å²) < 4.78 is 123. The van der Waals surface area contributed by atoms with Crippen molar-refractivity contribution in [3.63, 3.8) is 0 Å². The number of hydrogen-bond donors (Lipinski definition) is 0. The highest BCUT2D eigenvalue weighted by Crippen LogP contribution is 2.58. The van der Waals surface area contributed by atoms with Crippen LogP contribution in [0.4, 0.5) is 0 Å². The average Bonchev–Trinajstić information content (AvgIpc) is 4.01. The quantitative estimate of drug-likeness (QED) is 0.0222. The Hall–Kier alpha value is -5.56. The number of benzene rings is 7. The van der Waals surface area contributed by atoms with Gasteiger partial charge in [0.25, 0.3) is 0 Å².